The predicted molar refractivity (Wildman–Crippen MR) is 42.5 cm³/mol. The summed E-state index contributed by atoms with van der Waals surface area (Å²) in [5, 5.41) is 10.4. The summed E-state index contributed by atoms with van der Waals surface area (Å²) in [4.78, 5) is 13.9. The number of carboxylic acid groups (broad SMARTS) is 1. The molecule has 1 rings (SSSR count). The number of nitrogens with zero attached hydrogens (tertiary/aromatic N) is 2. The molecule has 1 saturated heterocycles. The Morgan fingerprint density at radius 2 is 1.92 bits per heavy atom. The average Bonchev–Trinajstić information content (AvgIpc) is 2.06. The van der Waals surface area contributed by atoms with Gasteiger partial charge >= 0.3 is 0 Å². The maximum absolute atomic E-state index is 10.4. The first-order valence-electron chi connectivity index (χ1n) is 4.12. The molecule has 0 unspecified atom stereocenters. The van der Waals surface area contributed by atoms with E-state index in [1.165, 1.54) is 4.90 Å². The van der Waals surface area contributed by atoms with Crippen LogP contribution in [-0.4, -0.2) is 55.2 Å². The first-order chi connectivity index (χ1) is 5.74. The highest BCUT2D eigenvalue weighted by Crippen LogP contribution is 1.99. The number of carbonyl (C=O) groups is 1. The standard InChI is InChI=1S/C7H15N3O2/c8-1-2-9-3-5-10(6-4-9)7(11)12/h1-6,8H2,(H,11,12)/p-1. The highest BCUT2D eigenvalue weighted by Gasteiger charge is 2.14. The quantitative estimate of drug-likeness (QED) is 0.518. The molecule has 0 saturated carbocycles. The summed E-state index contributed by atoms with van der Waals surface area (Å²) < 4.78 is 0. The van der Waals surface area contributed by atoms with Crippen molar-refractivity contribution in [2.45, 2.75) is 0 Å². The van der Waals surface area contributed by atoms with Crippen LogP contribution < -0.4 is 10.8 Å². The van der Waals surface area contributed by atoms with Crippen molar-refractivity contribution in [2.24, 2.45) is 5.73 Å². The van der Waals surface area contributed by atoms with Crippen LogP contribution in [0.2, 0.25) is 0 Å². The first-order valence-corrected chi connectivity index (χ1v) is 4.12. The van der Waals surface area contributed by atoms with Crippen LogP contribution in [0.4, 0.5) is 4.79 Å². The summed E-state index contributed by atoms with van der Waals surface area (Å²) in [5.41, 5.74) is 5.37. The van der Waals surface area contributed by atoms with Crippen LogP contribution in [0.5, 0.6) is 0 Å². The van der Waals surface area contributed by atoms with E-state index in [0.29, 0.717) is 19.6 Å². The SMILES string of the molecule is NCCN1CCN(C(=O)[O-])CC1. The fourth-order valence-electron chi connectivity index (χ4n) is 1.34. The van der Waals surface area contributed by atoms with Gasteiger partial charge in [0.05, 0.1) is 0 Å². The number of hydrogen-bond donors (Lipinski definition) is 1. The van der Waals surface area contributed by atoms with Gasteiger partial charge in [0.15, 0.2) is 0 Å². The summed E-state index contributed by atoms with van der Waals surface area (Å²) in [6, 6.07) is 0. The molecule has 0 aromatic heterocycles. The third kappa shape index (κ3) is 2.35. The first kappa shape index (κ1) is 9.28. The van der Waals surface area contributed by atoms with Gasteiger partial charge in [0.2, 0.25) is 0 Å². The fraction of sp³-hybridized carbons (Fsp3) is 0.857. The lowest BCUT2D eigenvalue weighted by Crippen LogP contribution is -2.53. The van der Waals surface area contributed by atoms with E-state index in [2.05, 4.69) is 4.90 Å². The lowest BCUT2D eigenvalue weighted by molar-refractivity contribution is -0.266. The van der Waals surface area contributed by atoms with Crippen molar-refractivity contribution >= 4 is 6.09 Å². The molecule has 1 fully saturated rings. The number of nitrogens with two attached hydrogens (primary N) is 1. The molecule has 1 aliphatic heterocycles. The minimum atomic E-state index is -1.07. The van der Waals surface area contributed by atoms with Gasteiger partial charge in [-0.15, -0.1) is 0 Å². The zero-order chi connectivity index (χ0) is 8.97. The topological polar surface area (TPSA) is 72.6 Å². The van der Waals surface area contributed by atoms with Crippen LogP contribution in [0.25, 0.3) is 0 Å². The highest BCUT2D eigenvalue weighted by molar-refractivity contribution is 5.62. The van der Waals surface area contributed by atoms with Gasteiger partial charge in [-0.05, 0) is 0 Å². The molecule has 0 spiro atoms. The van der Waals surface area contributed by atoms with Crippen molar-refractivity contribution < 1.29 is 9.90 Å². The average molecular weight is 172 g/mol. The van der Waals surface area contributed by atoms with Gasteiger partial charge in [0.25, 0.3) is 0 Å². The van der Waals surface area contributed by atoms with Crippen LogP contribution in [-0.2, 0) is 0 Å². The van der Waals surface area contributed by atoms with Gasteiger partial charge in [-0.25, -0.2) is 0 Å². The molecule has 0 bridgehead atoms. The summed E-state index contributed by atoms with van der Waals surface area (Å²) >= 11 is 0. The van der Waals surface area contributed by atoms with Gasteiger partial charge in [-0.1, -0.05) is 0 Å². The van der Waals surface area contributed by atoms with E-state index >= 15 is 0 Å². The second-order valence-corrected chi connectivity index (χ2v) is 2.88. The molecule has 0 aromatic rings. The molecule has 0 aromatic carbocycles. The Morgan fingerprint density at radius 3 is 2.33 bits per heavy atom. The molecule has 1 aliphatic rings. The zero-order valence-corrected chi connectivity index (χ0v) is 7.03. The number of amides is 1. The molecule has 1 heterocycles. The Bertz CT molecular complexity index is 155. The molecule has 5 heteroatoms. The zero-order valence-electron chi connectivity index (χ0n) is 7.03. The molecular weight excluding hydrogens is 158 g/mol. The summed E-state index contributed by atoms with van der Waals surface area (Å²) in [6.07, 6.45) is -1.07. The van der Waals surface area contributed by atoms with Crippen molar-refractivity contribution in [3.8, 4) is 0 Å². The Balaban J connectivity index is 2.25. The lowest BCUT2D eigenvalue weighted by Gasteiger charge is -2.35. The third-order valence-electron chi connectivity index (χ3n) is 2.08. The Hall–Kier alpha value is -0.810. The van der Waals surface area contributed by atoms with Gasteiger partial charge in [0.1, 0.15) is 6.09 Å². The van der Waals surface area contributed by atoms with Crippen LogP contribution in [0.15, 0.2) is 0 Å². The van der Waals surface area contributed by atoms with Crippen LogP contribution >= 0.6 is 0 Å². The van der Waals surface area contributed by atoms with Crippen LogP contribution in [0, 0.1) is 0 Å². The minimum absolute atomic E-state index is 0.544. The molecular formula is C7H14N3O2-. The molecule has 0 radical (unpaired) electrons. The normalized spacial score (nSPS) is 19.6. The number of rotatable bonds is 2. The Kier molecular flexibility index (Phi) is 3.31. The van der Waals surface area contributed by atoms with Crippen molar-refractivity contribution in [1.29, 1.82) is 0 Å². The molecule has 0 atom stereocenters. The van der Waals surface area contributed by atoms with Gasteiger partial charge in [-0.3, -0.25) is 4.90 Å². The van der Waals surface area contributed by atoms with Crippen LogP contribution in [0.3, 0.4) is 0 Å². The molecule has 5 nitrogen and oxygen atoms in total. The van der Waals surface area contributed by atoms with E-state index in [9.17, 15) is 9.90 Å². The summed E-state index contributed by atoms with van der Waals surface area (Å²) in [5.74, 6) is 0. The summed E-state index contributed by atoms with van der Waals surface area (Å²) in [7, 11) is 0. The third-order valence-corrected chi connectivity index (χ3v) is 2.08. The van der Waals surface area contributed by atoms with Crippen molar-refractivity contribution in [3.05, 3.63) is 0 Å². The lowest BCUT2D eigenvalue weighted by atomic mass is 10.3. The molecule has 2 N–H and O–H groups in total. The molecule has 1 amide bonds. The monoisotopic (exact) mass is 172 g/mol. The minimum Gasteiger partial charge on any atom is -0.530 e. The largest absolute Gasteiger partial charge is 0.530 e. The van der Waals surface area contributed by atoms with Gasteiger partial charge in [0, 0.05) is 39.3 Å². The Morgan fingerprint density at radius 1 is 1.33 bits per heavy atom. The number of hydrogen-bond acceptors (Lipinski definition) is 4. The summed E-state index contributed by atoms with van der Waals surface area (Å²) in [6.45, 7) is 4.10. The second-order valence-electron chi connectivity index (χ2n) is 2.88. The maximum Gasteiger partial charge on any atom is 0.137 e. The van der Waals surface area contributed by atoms with Gasteiger partial charge < -0.3 is 20.5 Å². The number of piperazine rings is 1. The second kappa shape index (κ2) is 4.27. The van der Waals surface area contributed by atoms with E-state index in [1.807, 2.05) is 0 Å². The van der Waals surface area contributed by atoms with Gasteiger partial charge in [-0.2, -0.15) is 0 Å². The number of carbonyl (C=O) groups excluding carboxylic acids is 1. The predicted octanol–water partition coefficient (Wildman–Crippen LogP) is -2.09. The van der Waals surface area contributed by atoms with E-state index in [0.717, 1.165) is 19.6 Å². The molecule has 70 valence electrons. The van der Waals surface area contributed by atoms with Crippen LogP contribution in [0.1, 0.15) is 0 Å². The van der Waals surface area contributed by atoms with E-state index < -0.39 is 6.09 Å². The fourth-order valence-corrected chi connectivity index (χ4v) is 1.34. The Labute approximate surface area is 71.7 Å². The van der Waals surface area contributed by atoms with E-state index in [4.69, 9.17) is 5.73 Å². The van der Waals surface area contributed by atoms with Crippen molar-refractivity contribution in [2.75, 3.05) is 39.3 Å². The highest BCUT2D eigenvalue weighted by atomic mass is 16.4. The van der Waals surface area contributed by atoms with E-state index in [1.54, 1.807) is 0 Å². The maximum atomic E-state index is 10.4. The van der Waals surface area contributed by atoms with E-state index in [-0.39, 0.29) is 0 Å². The van der Waals surface area contributed by atoms with Crippen molar-refractivity contribution in [1.82, 2.24) is 9.80 Å². The van der Waals surface area contributed by atoms with Crippen molar-refractivity contribution in [3.63, 3.8) is 0 Å². The smallest absolute Gasteiger partial charge is 0.137 e. The molecule has 12 heavy (non-hydrogen) atoms. The molecule has 0 aliphatic carbocycles.